The highest BCUT2D eigenvalue weighted by Gasteiger charge is 2.09. The number of esters is 1. The molecule has 0 spiro atoms. The van der Waals surface area contributed by atoms with Gasteiger partial charge in [-0.3, -0.25) is 9.20 Å². The predicted molar refractivity (Wildman–Crippen MR) is 83.4 cm³/mol. The van der Waals surface area contributed by atoms with Gasteiger partial charge in [-0.1, -0.05) is 6.07 Å². The quantitative estimate of drug-likeness (QED) is 0.749. The third-order valence-electron chi connectivity index (χ3n) is 3.31. The summed E-state index contributed by atoms with van der Waals surface area (Å²) < 4.78 is 6.60. The number of hydrogen-bond acceptors (Lipinski definition) is 5. The molecule has 1 aromatic carbocycles. The Labute approximate surface area is 131 Å². The van der Waals surface area contributed by atoms with Gasteiger partial charge in [-0.2, -0.15) is 0 Å². The lowest BCUT2D eigenvalue weighted by Gasteiger charge is -2.06. The van der Waals surface area contributed by atoms with Gasteiger partial charge in [0.2, 0.25) is 0 Å². The number of rotatable bonds is 3. The maximum Gasteiger partial charge on any atom is 0.338 e. The number of phenols is 1. The standard InChI is InChI=1S/C17H14N2O4/c1-11-2-7-15-18-13(8-16(21)19(15)9-11)10-23-17(22)12-3-5-14(20)6-4-12/h2-9,20H,10H2,1H3. The number of phenolic OH excluding ortho intramolecular Hbond substituents is 1. The predicted octanol–water partition coefficient (Wildman–Crippen LogP) is 2.07. The molecule has 0 fully saturated rings. The molecule has 2 heterocycles. The van der Waals surface area contributed by atoms with Crippen LogP contribution in [-0.2, 0) is 11.3 Å². The van der Waals surface area contributed by atoms with Crippen LogP contribution in [0, 0.1) is 6.92 Å². The molecule has 2 aromatic heterocycles. The van der Waals surface area contributed by atoms with E-state index in [4.69, 9.17) is 4.74 Å². The molecule has 6 nitrogen and oxygen atoms in total. The number of aromatic hydroxyl groups is 1. The third-order valence-corrected chi connectivity index (χ3v) is 3.31. The summed E-state index contributed by atoms with van der Waals surface area (Å²) >= 11 is 0. The number of pyridine rings is 1. The van der Waals surface area contributed by atoms with Crippen LogP contribution in [0.3, 0.4) is 0 Å². The lowest BCUT2D eigenvalue weighted by atomic mass is 10.2. The van der Waals surface area contributed by atoms with Gasteiger partial charge in [0.15, 0.2) is 0 Å². The number of carbonyl (C=O) groups excluding carboxylic acids is 1. The van der Waals surface area contributed by atoms with E-state index < -0.39 is 5.97 Å². The Morgan fingerprint density at radius 2 is 1.96 bits per heavy atom. The van der Waals surface area contributed by atoms with Crippen molar-refractivity contribution in [1.29, 1.82) is 0 Å². The van der Waals surface area contributed by atoms with E-state index in [0.717, 1.165) is 5.56 Å². The zero-order valence-electron chi connectivity index (χ0n) is 12.4. The Balaban J connectivity index is 1.79. The monoisotopic (exact) mass is 310 g/mol. The van der Waals surface area contributed by atoms with Crippen molar-refractivity contribution >= 4 is 11.6 Å². The molecule has 0 saturated carbocycles. The molecule has 0 radical (unpaired) electrons. The van der Waals surface area contributed by atoms with E-state index in [0.29, 0.717) is 16.9 Å². The smallest absolute Gasteiger partial charge is 0.338 e. The highest BCUT2D eigenvalue weighted by molar-refractivity contribution is 5.89. The average Bonchev–Trinajstić information content (AvgIpc) is 2.54. The van der Waals surface area contributed by atoms with Crippen molar-refractivity contribution in [1.82, 2.24) is 9.38 Å². The minimum absolute atomic E-state index is 0.0704. The first kappa shape index (κ1) is 14.8. The third kappa shape index (κ3) is 3.21. The van der Waals surface area contributed by atoms with Crippen LogP contribution in [-0.4, -0.2) is 20.5 Å². The maximum absolute atomic E-state index is 12.1. The number of nitrogens with zero attached hydrogens (tertiary/aromatic N) is 2. The number of benzene rings is 1. The van der Waals surface area contributed by atoms with E-state index in [2.05, 4.69) is 4.98 Å². The van der Waals surface area contributed by atoms with Gasteiger partial charge >= 0.3 is 5.97 Å². The van der Waals surface area contributed by atoms with Crippen LogP contribution in [0.25, 0.3) is 5.65 Å². The summed E-state index contributed by atoms with van der Waals surface area (Å²) in [5.74, 6) is -0.475. The number of hydrogen-bond donors (Lipinski definition) is 1. The Hall–Kier alpha value is -3.15. The zero-order chi connectivity index (χ0) is 16.4. The molecule has 116 valence electrons. The Morgan fingerprint density at radius 3 is 2.70 bits per heavy atom. The van der Waals surface area contributed by atoms with Crippen LogP contribution >= 0.6 is 0 Å². The summed E-state index contributed by atoms with van der Waals surface area (Å²) in [6.07, 6.45) is 1.71. The van der Waals surface area contributed by atoms with Crippen LogP contribution in [0.5, 0.6) is 5.75 Å². The summed E-state index contributed by atoms with van der Waals surface area (Å²) in [6, 6.07) is 10.7. The second-order valence-corrected chi connectivity index (χ2v) is 5.14. The Morgan fingerprint density at radius 1 is 1.22 bits per heavy atom. The molecule has 0 aliphatic heterocycles. The van der Waals surface area contributed by atoms with E-state index in [1.807, 2.05) is 13.0 Å². The van der Waals surface area contributed by atoms with Crippen LogP contribution in [0.4, 0.5) is 0 Å². The maximum atomic E-state index is 12.1. The first-order valence-corrected chi connectivity index (χ1v) is 6.98. The molecule has 0 unspecified atom stereocenters. The van der Waals surface area contributed by atoms with E-state index >= 15 is 0 Å². The minimum atomic E-state index is -0.545. The Bertz CT molecular complexity index is 929. The first-order valence-electron chi connectivity index (χ1n) is 6.98. The summed E-state index contributed by atoms with van der Waals surface area (Å²) in [5, 5.41) is 9.20. The highest BCUT2D eigenvalue weighted by Crippen LogP contribution is 2.11. The molecule has 0 amide bonds. The molecular weight excluding hydrogens is 296 g/mol. The number of aryl methyl sites for hydroxylation is 1. The lowest BCUT2D eigenvalue weighted by molar-refractivity contribution is 0.0467. The topological polar surface area (TPSA) is 80.9 Å². The molecule has 0 bridgehead atoms. The number of fused-ring (bicyclic) bond motifs is 1. The van der Waals surface area contributed by atoms with Gasteiger partial charge in [0.25, 0.3) is 5.56 Å². The minimum Gasteiger partial charge on any atom is -0.508 e. The fourth-order valence-corrected chi connectivity index (χ4v) is 2.15. The number of carbonyl (C=O) groups is 1. The van der Waals surface area contributed by atoms with Crippen molar-refractivity contribution in [3.05, 3.63) is 75.8 Å². The van der Waals surface area contributed by atoms with Crippen molar-refractivity contribution in [2.75, 3.05) is 0 Å². The van der Waals surface area contributed by atoms with Gasteiger partial charge in [-0.05, 0) is 42.8 Å². The normalized spacial score (nSPS) is 10.7. The number of ether oxygens (including phenoxy) is 1. The van der Waals surface area contributed by atoms with Crippen LogP contribution < -0.4 is 5.56 Å². The molecule has 6 heteroatoms. The summed E-state index contributed by atoms with van der Waals surface area (Å²) in [7, 11) is 0. The van der Waals surface area contributed by atoms with Gasteiger partial charge < -0.3 is 9.84 Å². The summed E-state index contributed by atoms with van der Waals surface area (Å²) in [4.78, 5) is 28.3. The molecule has 0 aliphatic carbocycles. The van der Waals surface area contributed by atoms with Crippen molar-refractivity contribution in [3.8, 4) is 5.75 Å². The van der Waals surface area contributed by atoms with E-state index in [9.17, 15) is 14.7 Å². The molecule has 23 heavy (non-hydrogen) atoms. The number of aromatic nitrogens is 2. The molecule has 3 aromatic rings. The van der Waals surface area contributed by atoms with Crippen LogP contribution in [0.2, 0.25) is 0 Å². The Kier molecular flexibility index (Phi) is 3.80. The van der Waals surface area contributed by atoms with Crippen LogP contribution in [0.1, 0.15) is 21.6 Å². The zero-order valence-corrected chi connectivity index (χ0v) is 12.4. The average molecular weight is 310 g/mol. The fraction of sp³-hybridized carbons (Fsp3) is 0.118. The van der Waals surface area contributed by atoms with Crippen molar-refractivity contribution in [2.45, 2.75) is 13.5 Å². The fourth-order valence-electron chi connectivity index (χ4n) is 2.15. The van der Waals surface area contributed by atoms with Crippen molar-refractivity contribution < 1.29 is 14.6 Å². The second-order valence-electron chi connectivity index (χ2n) is 5.14. The molecular formula is C17H14N2O4. The van der Waals surface area contributed by atoms with Gasteiger partial charge in [0.1, 0.15) is 18.0 Å². The van der Waals surface area contributed by atoms with Crippen molar-refractivity contribution in [3.63, 3.8) is 0 Å². The van der Waals surface area contributed by atoms with E-state index in [-0.39, 0.29) is 17.9 Å². The lowest BCUT2D eigenvalue weighted by Crippen LogP contribution is -2.16. The summed E-state index contributed by atoms with van der Waals surface area (Å²) in [5.41, 5.74) is 1.92. The van der Waals surface area contributed by atoms with Gasteiger partial charge in [0.05, 0.1) is 11.3 Å². The van der Waals surface area contributed by atoms with Crippen molar-refractivity contribution in [2.24, 2.45) is 0 Å². The molecule has 0 atom stereocenters. The van der Waals surface area contributed by atoms with E-state index in [1.165, 1.54) is 34.7 Å². The van der Waals surface area contributed by atoms with E-state index in [1.54, 1.807) is 12.3 Å². The van der Waals surface area contributed by atoms with Gasteiger partial charge in [-0.15, -0.1) is 0 Å². The highest BCUT2D eigenvalue weighted by atomic mass is 16.5. The van der Waals surface area contributed by atoms with Crippen LogP contribution in [0.15, 0.2) is 53.5 Å². The van der Waals surface area contributed by atoms with Gasteiger partial charge in [0, 0.05) is 12.3 Å². The van der Waals surface area contributed by atoms with Gasteiger partial charge in [-0.25, -0.2) is 9.78 Å². The SMILES string of the molecule is Cc1ccc2nc(COC(=O)c3ccc(O)cc3)cc(=O)n2c1. The largest absolute Gasteiger partial charge is 0.508 e. The molecule has 1 N–H and O–H groups in total. The second kappa shape index (κ2) is 5.92. The first-order chi connectivity index (χ1) is 11.0. The molecule has 0 aliphatic rings. The molecule has 3 rings (SSSR count). The summed E-state index contributed by atoms with van der Waals surface area (Å²) in [6.45, 7) is 1.79. The molecule has 0 saturated heterocycles.